The van der Waals surface area contributed by atoms with Gasteiger partial charge in [0, 0.05) is 0 Å². The molecule has 25 heavy (non-hydrogen) atoms. The Hall–Kier alpha value is -2.08. The van der Waals surface area contributed by atoms with Crippen LogP contribution in [0, 0.1) is 5.92 Å². The van der Waals surface area contributed by atoms with Gasteiger partial charge in [0.2, 0.25) is 11.8 Å². The molecule has 1 aliphatic heterocycles. The Labute approximate surface area is 149 Å². The van der Waals surface area contributed by atoms with Gasteiger partial charge in [0.25, 0.3) is 0 Å². The van der Waals surface area contributed by atoms with Gasteiger partial charge in [0.15, 0.2) is 0 Å². The van der Waals surface area contributed by atoms with Crippen molar-refractivity contribution in [3.8, 4) is 5.75 Å². The van der Waals surface area contributed by atoms with Gasteiger partial charge in [-0.3, -0.25) is 14.5 Å². The van der Waals surface area contributed by atoms with Gasteiger partial charge in [-0.1, -0.05) is 32.4 Å². The molecule has 1 aromatic rings. The van der Waals surface area contributed by atoms with Crippen molar-refractivity contribution in [1.82, 2.24) is 10.2 Å². The molecule has 1 saturated heterocycles. The van der Waals surface area contributed by atoms with Crippen molar-refractivity contribution < 1.29 is 14.3 Å². The lowest BCUT2D eigenvalue weighted by atomic mass is 9.95. The molecule has 1 aromatic carbocycles. The highest BCUT2D eigenvalue weighted by Crippen LogP contribution is 2.24. The fraction of sp³-hybridized carbons (Fsp3) is 0.579. The third-order valence-electron chi connectivity index (χ3n) is 4.75. The van der Waals surface area contributed by atoms with E-state index in [0.29, 0.717) is 0 Å². The van der Waals surface area contributed by atoms with E-state index in [-0.39, 0.29) is 36.4 Å². The van der Waals surface area contributed by atoms with E-state index in [1.807, 2.05) is 29.2 Å². The molecule has 2 atom stereocenters. The summed E-state index contributed by atoms with van der Waals surface area (Å²) in [5.41, 5.74) is 6.51. The van der Waals surface area contributed by atoms with Crippen LogP contribution in [-0.4, -0.2) is 43.0 Å². The third kappa shape index (κ3) is 5.19. The van der Waals surface area contributed by atoms with Gasteiger partial charge in [-0.05, 0) is 43.0 Å². The SMILES string of the molecule is COc1ccc([C@@H](NC(=O)CN2CCCC[C@@H]2C(N)=O)C(C)C)cc1. The molecule has 0 unspecified atom stereocenters. The number of carbonyl (C=O) groups is 2. The number of nitrogens with two attached hydrogens (primary N) is 1. The van der Waals surface area contributed by atoms with E-state index < -0.39 is 0 Å². The van der Waals surface area contributed by atoms with Crippen molar-refractivity contribution in [3.63, 3.8) is 0 Å². The summed E-state index contributed by atoms with van der Waals surface area (Å²) < 4.78 is 5.19. The van der Waals surface area contributed by atoms with E-state index in [4.69, 9.17) is 10.5 Å². The number of nitrogens with one attached hydrogen (secondary N) is 1. The maximum atomic E-state index is 12.6. The first-order valence-electron chi connectivity index (χ1n) is 8.89. The number of rotatable bonds is 7. The molecule has 2 rings (SSSR count). The molecular weight excluding hydrogens is 318 g/mol. The predicted octanol–water partition coefficient (Wildman–Crippen LogP) is 1.85. The summed E-state index contributed by atoms with van der Waals surface area (Å²) in [6, 6.07) is 7.30. The van der Waals surface area contributed by atoms with Gasteiger partial charge in [-0.15, -0.1) is 0 Å². The van der Waals surface area contributed by atoms with E-state index in [2.05, 4.69) is 19.2 Å². The highest BCUT2D eigenvalue weighted by atomic mass is 16.5. The van der Waals surface area contributed by atoms with Crippen LogP contribution in [0.1, 0.15) is 44.7 Å². The number of methoxy groups -OCH3 is 1. The summed E-state index contributed by atoms with van der Waals surface area (Å²) in [6.07, 6.45) is 2.70. The highest BCUT2D eigenvalue weighted by molar-refractivity contribution is 5.82. The second kappa shape index (κ2) is 8.85. The van der Waals surface area contributed by atoms with E-state index in [1.165, 1.54) is 0 Å². The number of primary amides is 1. The molecule has 0 bridgehead atoms. The minimum atomic E-state index is -0.344. The minimum absolute atomic E-state index is 0.0809. The zero-order valence-electron chi connectivity index (χ0n) is 15.3. The summed E-state index contributed by atoms with van der Waals surface area (Å²) in [7, 11) is 1.63. The number of nitrogens with zero attached hydrogens (tertiary/aromatic N) is 1. The lowest BCUT2D eigenvalue weighted by molar-refractivity contribution is -0.128. The maximum absolute atomic E-state index is 12.6. The van der Waals surface area contributed by atoms with Crippen LogP contribution in [0.15, 0.2) is 24.3 Å². The molecule has 6 heteroatoms. The topological polar surface area (TPSA) is 84.7 Å². The van der Waals surface area contributed by atoms with Crippen molar-refractivity contribution in [3.05, 3.63) is 29.8 Å². The van der Waals surface area contributed by atoms with Crippen molar-refractivity contribution in [2.75, 3.05) is 20.2 Å². The molecule has 0 radical (unpaired) electrons. The molecular formula is C19H29N3O3. The number of piperidine rings is 1. The maximum Gasteiger partial charge on any atom is 0.234 e. The fourth-order valence-corrected chi connectivity index (χ4v) is 3.35. The molecule has 0 spiro atoms. The van der Waals surface area contributed by atoms with E-state index in [1.54, 1.807) is 7.11 Å². The first-order chi connectivity index (χ1) is 11.9. The van der Waals surface area contributed by atoms with Gasteiger partial charge in [0.05, 0.1) is 25.7 Å². The van der Waals surface area contributed by atoms with Crippen LogP contribution in [-0.2, 0) is 9.59 Å². The Bertz CT molecular complexity index is 586. The smallest absolute Gasteiger partial charge is 0.234 e. The van der Waals surface area contributed by atoms with Crippen LogP contribution < -0.4 is 15.8 Å². The zero-order chi connectivity index (χ0) is 18.4. The summed E-state index contributed by atoms with van der Waals surface area (Å²) in [6.45, 7) is 5.08. The summed E-state index contributed by atoms with van der Waals surface area (Å²) in [5.74, 6) is 0.603. The molecule has 138 valence electrons. The second-order valence-electron chi connectivity index (χ2n) is 6.95. The molecule has 2 amide bonds. The van der Waals surface area contributed by atoms with Crippen LogP contribution in [0.25, 0.3) is 0 Å². The number of benzene rings is 1. The summed E-state index contributed by atoms with van der Waals surface area (Å²) >= 11 is 0. The van der Waals surface area contributed by atoms with Crippen LogP contribution in [0.4, 0.5) is 0 Å². The minimum Gasteiger partial charge on any atom is -0.497 e. The normalized spacial score (nSPS) is 19.4. The van der Waals surface area contributed by atoms with Crippen LogP contribution in [0.5, 0.6) is 5.75 Å². The highest BCUT2D eigenvalue weighted by Gasteiger charge is 2.29. The standard InChI is InChI=1S/C19H29N3O3/c1-13(2)18(14-7-9-15(25-3)10-8-14)21-17(23)12-22-11-5-4-6-16(22)19(20)24/h7-10,13,16,18H,4-6,11-12H2,1-3H3,(H2,20,24)(H,21,23)/t16-,18+/m1/s1. The van der Waals surface area contributed by atoms with Crippen LogP contribution in [0.3, 0.4) is 0 Å². The van der Waals surface area contributed by atoms with Gasteiger partial charge in [-0.25, -0.2) is 0 Å². The van der Waals surface area contributed by atoms with Crippen molar-refractivity contribution in [1.29, 1.82) is 0 Å². The van der Waals surface area contributed by atoms with E-state index >= 15 is 0 Å². The van der Waals surface area contributed by atoms with Crippen LogP contribution >= 0.6 is 0 Å². The molecule has 6 nitrogen and oxygen atoms in total. The molecule has 0 aliphatic carbocycles. The average molecular weight is 347 g/mol. The van der Waals surface area contributed by atoms with Gasteiger partial charge in [0.1, 0.15) is 5.75 Å². The molecule has 1 aliphatic rings. The van der Waals surface area contributed by atoms with Crippen LogP contribution in [0.2, 0.25) is 0 Å². The van der Waals surface area contributed by atoms with Crippen molar-refractivity contribution in [2.24, 2.45) is 11.7 Å². The van der Waals surface area contributed by atoms with E-state index in [9.17, 15) is 9.59 Å². The fourth-order valence-electron chi connectivity index (χ4n) is 3.35. The lowest BCUT2D eigenvalue weighted by Gasteiger charge is -2.33. The molecule has 0 saturated carbocycles. The number of likely N-dealkylation sites (tertiary alicyclic amines) is 1. The quantitative estimate of drug-likeness (QED) is 0.788. The number of hydrogen-bond donors (Lipinski definition) is 2. The third-order valence-corrected chi connectivity index (χ3v) is 4.75. The van der Waals surface area contributed by atoms with Gasteiger partial charge in [-0.2, -0.15) is 0 Å². The Morgan fingerprint density at radius 1 is 1.28 bits per heavy atom. The predicted molar refractivity (Wildman–Crippen MR) is 97.1 cm³/mol. The number of carbonyl (C=O) groups excluding carboxylic acids is 2. The number of amides is 2. The van der Waals surface area contributed by atoms with Gasteiger partial charge < -0.3 is 15.8 Å². The van der Waals surface area contributed by atoms with Gasteiger partial charge >= 0.3 is 0 Å². The van der Waals surface area contributed by atoms with Crippen molar-refractivity contribution in [2.45, 2.75) is 45.2 Å². The average Bonchev–Trinajstić information content (AvgIpc) is 2.60. The Morgan fingerprint density at radius 2 is 1.96 bits per heavy atom. The monoisotopic (exact) mass is 347 g/mol. The zero-order valence-corrected chi connectivity index (χ0v) is 15.3. The lowest BCUT2D eigenvalue weighted by Crippen LogP contribution is -2.51. The first-order valence-corrected chi connectivity index (χ1v) is 8.89. The first kappa shape index (κ1) is 19.2. The summed E-state index contributed by atoms with van der Waals surface area (Å²) in [5, 5.41) is 3.10. The Morgan fingerprint density at radius 3 is 2.52 bits per heavy atom. The molecule has 0 aromatic heterocycles. The van der Waals surface area contributed by atoms with E-state index in [0.717, 1.165) is 37.1 Å². The Balaban J connectivity index is 2.03. The second-order valence-corrected chi connectivity index (χ2v) is 6.95. The largest absolute Gasteiger partial charge is 0.497 e. The Kier molecular flexibility index (Phi) is 6.82. The molecule has 3 N–H and O–H groups in total. The molecule has 1 heterocycles. The molecule has 1 fully saturated rings. The van der Waals surface area contributed by atoms with Crippen molar-refractivity contribution >= 4 is 11.8 Å². The number of ether oxygens (including phenoxy) is 1. The number of hydrogen-bond acceptors (Lipinski definition) is 4. The summed E-state index contributed by atoms with van der Waals surface area (Å²) in [4.78, 5) is 26.1.